The van der Waals surface area contributed by atoms with E-state index in [1.165, 1.54) is 12.8 Å². The molecule has 1 saturated heterocycles. The molecule has 0 aliphatic carbocycles. The van der Waals surface area contributed by atoms with Crippen LogP contribution in [0, 0.1) is 0 Å². The van der Waals surface area contributed by atoms with E-state index in [-0.39, 0.29) is 5.78 Å². The summed E-state index contributed by atoms with van der Waals surface area (Å²) >= 11 is 0. The van der Waals surface area contributed by atoms with Gasteiger partial charge in [0.25, 0.3) is 0 Å². The van der Waals surface area contributed by atoms with Crippen molar-refractivity contribution in [1.29, 1.82) is 0 Å². The van der Waals surface area contributed by atoms with Crippen LogP contribution in [0.15, 0.2) is 18.2 Å². The first-order chi connectivity index (χ1) is 8.22. The second-order valence-corrected chi connectivity index (χ2v) is 4.37. The lowest BCUT2D eigenvalue weighted by Gasteiger charge is -2.21. The molecule has 0 N–H and O–H groups in total. The molecule has 1 heterocycles. The molecule has 0 atom stereocenters. The summed E-state index contributed by atoms with van der Waals surface area (Å²) in [6.45, 7) is 6.35. The predicted octanol–water partition coefficient (Wildman–Crippen LogP) is 2.89. The first-order valence-electron chi connectivity index (χ1n) is 6.25. The van der Waals surface area contributed by atoms with Crippen LogP contribution in [-0.4, -0.2) is 25.5 Å². The molecule has 3 nitrogen and oxygen atoms in total. The van der Waals surface area contributed by atoms with E-state index in [2.05, 4.69) is 4.90 Å². The molecule has 3 heteroatoms. The largest absolute Gasteiger partial charge is 0.492 e. The van der Waals surface area contributed by atoms with Crippen LogP contribution in [-0.2, 0) is 0 Å². The zero-order valence-electron chi connectivity index (χ0n) is 10.5. The van der Waals surface area contributed by atoms with Gasteiger partial charge in [-0.3, -0.25) is 4.79 Å². The average Bonchev–Trinajstić information content (AvgIpc) is 2.83. The summed E-state index contributed by atoms with van der Waals surface area (Å²) in [5, 5.41) is 0. The minimum absolute atomic E-state index is 0.105. The van der Waals surface area contributed by atoms with Gasteiger partial charge in [-0.05, 0) is 44.9 Å². The first-order valence-corrected chi connectivity index (χ1v) is 6.25. The third-order valence-corrected chi connectivity index (χ3v) is 3.11. The third kappa shape index (κ3) is 2.60. The summed E-state index contributed by atoms with van der Waals surface area (Å²) in [6.07, 6.45) is 2.44. The molecule has 1 aromatic carbocycles. The summed E-state index contributed by atoms with van der Waals surface area (Å²) in [4.78, 5) is 13.7. The number of rotatable bonds is 4. The topological polar surface area (TPSA) is 29.5 Å². The van der Waals surface area contributed by atoms with E-state index in [4.69, 9.17) is 4.74 Å². The van der Waals surface area contributed by atoms with Gasteiger partial charge in [0, 0.05) is 18.7 Å². The monoisotopic (exact) mass is 233 g/mol. The van der Waals surface area contributed by atoms with Crippen LogP contribution in [0.25, 0.3) is 0 Å². The molecule has 0 amide bonds. The highest BCUT2D eigenvalue weighted by molar-refractivity contribution is 5.95. The van der Waals surface area contributed by atoms with Crippen molar-refractivity contribution in [3.8, 4) is 5.75 Å². The summed E-state index contributed by atoms with van der Waals surface area (Å²) in [5.41, 5.74) is 1.83. The van der Waals surface area contributed by atoms with E-state index in [1.54, 1.807) is 6.92 Å². The van der Waals surface area contributed by atoms with Gasteiger partial charge in [-0.15, -0.1) is 0 Å². The van der Waals surface area contributed by atoms with E-state index >= 15 is 0 Å². The Balaban J connectivity index is 2.35. The first kappa shape index (κ1) is 12.0. The molecule has 92 valence electrons. The van der Waals surface area contributed by atoms with Crippen molar-refractivity contribution in [3.05, 3.63) is 23.8 Å². The minimum atomic E-state index is 0.105. The Morgan fingerprint density at radius 2 is 2.06 bits per heavy atom. The lowest BCUT2D eigenvalue weighted by molar-refractivity contribution is 0.101. The van der Waals surface area contributed by atoms with Crippen molar-refractivity contribution in [2.24, 2.45) is 0 Å². The Morgan fingerprint density at radius 3 is 2.65 bits per heavy atom. The van der Waals surface area contributed by atoms with Crippen LogP contribution in [0.1, 0.15) is 37.0 Å². The number of ketones is 1. The fourth-order valence-corrected chi connectivity index (χ4v) is 2.22. The molecule has 0 spiro atoms. The normalized spacial score (nSPS) is 15.1. The summed E-state index contributed by atoms with van der Waals surface area (Å²) < 4.78 is 5.63. The van der Waals surface area contributed by atoms with Gasteiger partial charge >= 0.3 is 0 Å². The lowest BCUT2D eigenvalue weighted by Crippen LogP contribution is -2.19. The molecule has 1 aliphatic rings. The van der Waals surface area contributed by atoms with Gasteiger partial charge in [-0.25, -0.2) is 0 Å². The second-order valence-electron chi connectivity index (χ2n) is 4.37. The maximum absolute atomic E-state index is 11.4. The van der Waals surface area contributed by atoms with E-state index in [1.807, 2.05) is 25.1 Å². The van der Waals surface area contributed by atoms with E-state index < -0.39 is 0 Å². The minimum Gasteiger partial charge on any atom is -0.492 e. The van der Waals surface area contributed by atoms with Gasteiger partial charge in [0.1, 0.15) is 5.75 Å². The summed E-state index contributed by atoms with van der Waals surface area (Å²) in [5.74, 6) is 0.993. The van der Waals surface area contributed by atoms with Crippen LogP contribution in [0.5, 0.6) is 5.75 Å². The third-order valence-electron chi connectivity index (χ3n) is 3.11. The number of nitrogens with zero attached hydrogens (tertiary/aromatic N) is 1. The zero-order chi connectivity index (χ0) is 12.3. The Morgan fingerprint density at radius 1 is 1.35 bits per heavy atom. The molecular formula is C14H19NO2. The smallest absolute Gasteiger partial charge is 0.159 e. The molecule has 1 fully saturated rings. The SMILES string of the molecule is CCOc1ccc(C(C)=O)cc1N1CCCC1. The maximum atomic E-state index is 11.4. The van der Waals surface area contributed by atoms with Gasteiger partial charge in [0.05, 0.1) is 12.3 Å². The number of benzene rings is 1. The van der Waals surface area contributed by atoms with Crippen LogP contribution < -0.4 is 9.64 Å². The molecule has 1 aliphatic heterocycles. The maximum Gasteiger partial charge on any atom is 0.159 e. The van der Waals surface area contributed by atoms with Gasteiger partial charge in [-0.1, -0.05) is 0 Å². The summed E-state index contributed by atoms with van der Waals surface area (Å²) in [7, 11) is 0. The number of anilines is 1. The number of ether oxygens (including phenoxy) is 1. The Hall–Kier alpha value is -1.51. The Labute approximate surface area is 102 Å². The molecular weight excluding hydrogens is 214 g/mol. The van der Waals surface area contributed by atoms with E-state index in [9.17, 15) is 4.79 Å². The molecule has 0 aromatic heterocycles. The van der Waals surface area contributed by atoms with Crippen molar-refractivity contribution in [1.82, 2.24) is 0 Å². The number of carbonyl (C=O) groups is 1. The highest BCUT2D eigenvalue weighted by Gasteiger charge is 2.17. The van der Waals surface area contributed by atoms with Crippen molar-refractivity contribution in [3.63, 3.8) is 0 Å². The number of hydrogen-bond acceptors (Lipinski definition) is 3. The quantitative estimate of drug-likeness (QED) is 0.749. The molecule has 17 heavy (non-hydrogen) atoms. The van der Waals surface area contributed by atoms with E-state index in [0.29, 0.717) is 6.61 Å². The van der Waals surface area contributed by atoms with Crippen LogP contribution in [0.4, 0.5) is 5.69 Å². The molecule has 2 rings (SSSR count). The highest BCUT2D eigenvalue weighted by atomic mass is 16.5. The number of hydrogen-bond donors (Lipinski definition) is 0. The fraction of sp³-hybridized carbons (Fsp3) is 0.500. The van der Waals surface area contributed by atoms with Gasteiger partial charge in [-0.2, -0.15) is 0 Å². The van der Waals surface area contributed by atoms with Crippen LogP contribution in [0.2, 0.25) is 0 Å². The predicted molar refractivity (Wildman–Crippen MR) is 69.1 cm³/mol. The average molecular weight is 233 g/mol. The fourth-order valence-electron chi connectivity index (χ4n) is 2.22. The molecule has 0 bridgehead atoms. The van der Waals surface area contributed by atoms with Crippen molar-refractivity contribution in [2.75, 3.05) is 24.6 Å². The van der Waals surface area contributed by atoms with Gasteiger partial charge in [0.15, 0.2) is 5.78 Å². The Kier molecular flexibility index (Phi) is 3.67. The highest BCUT2D eigenvalue weighted by Crippen LogP contribution is 2.32. The van der Waals surface area contributed by atoms with E-state index in [0.717, 1.165) is 30.1 Å². The zero-order valence-corrected chi connectivity index (χ0v) is 10.5. The van der Waals surface area contributed by atoms with Gasteiger partial charge in [0.2, 0.25) is 0 Å². The van der Waals surface area contributed by atoms with Crippen molar-refractivity contribution >= 4 is 11.5 Å². The standard InChI is InChI=1S/C14H19NO2/c1-3-17-14-7-6-12(11(2)16)10-13(14)15-8-4-5-9-15/h6-7,10H,3-5,8-9H2,1-2H3. The number of carbonyl (C=O) groups excluding carboxylic acids is 1. The van der Waals surface area contributed by atoms with Gasteiger partial charge < -0.3 is 9.64 Å². The summed E-state index contributed by atoms with van der Waals surface area (Å²) in [6, 6.07) is 5.71. The second kappa shape index (κ2) is 5.21. The molecule has 1 aromatic rings. The number of Topliss-reactive ketones (excluding diaryl/α,β-unsaturated/α-hetero) is 1. The van der Waals surface area contributed by atoms with Crippen LogP contribution >= 0.6 is 0 Å². The molecule has 0 unspecified atom stereocenters. The van der Waals surface area contributed by atoms with Crippen molar-refractivity contribution in [2.45, 2.75) is 26.7 Å². The molecule has 0 radical (unpaired) electrons. The molecule has 0 saturated carbocycles. The lowest BCUT2D eigenvalue weighted by atomic mass is 10.1. The Bertz CT molecular complexity index is 409. The van der Waals surface area contributed by atoms with Crippen LogP contribution in [0.3, 0.4) is 0 Å². The van der Waals surface area contributed by atoms with Crippen molar-refractivity contribution < 1.29 is 9.53 Å².